The first-order chi connectivity index (χ1) is 12.5. The highest BCUT2D eigenvalue weighted by Crippen LogP contribution is 2.16. The molecule has 1 N–H and O–H groups in total. The first-order valence-corrected chi connectivity index (χ1v) is 8.34. The predicted molar refractivity (Wildman–Crippen MR) is 97.1 cm³/mol. The van der Waals surface area contributed by atoms with Gasteiger partial charge in [0.2, 0.25) is 0 Å². The van der Waals surface area contributed by atoms with E-state index in [1.807, 2.05) is 63.2 Å². The Balaban J connectivity index is 1.60. The highest BCUT2D eigenvalue weighted by Gasteiger charge is 2.11. The zero-order chi connectivity index (χ0) is 18.5. The number of aromatic nitrogens is 4. The molecule has 0 spiro atoms. The summed E-state index contributed by atoms with van der Waals surface area (Å²) in [5.74, 6) is 1.02. The Bertz CT molecular complexity index is 920. The Morgan fingerprint density at radius 2 is 1.88 bits per heavy atom. The minimum absolute atomic E-state index is 0.0595. The average molecular weight is 351 g/mol. The van der Waals surface area contributed by atoms with Crippen molar-refractivity contribution in [2.45, 2.75) is 27.3 Å². The monoisotopic (exact) mass is 351 g/mol. The molecule has 0 atom stereocenters. The number of aryl methyl sites for hydroxylation is 3. The number of tetrazole rings is 1. The Hall–Kier alpha value is -3.22. The number of benzene rings is 2. The summed E-state index contributed by atoms with van der Waals surface area (Å²) in [6.07, 6.45) is 0. The van der Waals surface area contributed by atoms with Crippen LogP contribution >= 0.6 is 0 Å². The molecule has 0 aliphatic carbocycles. The maximum atomic E-state index is 12.1. The van der Waals surface area contributed by atoms with Crippen LogP contribution in [-0.4, -0.2) is 32.7 Å². The molecule has 0 aliphatic heterocycles. The lowest BCUT2D eigenvalue weighted by molar-refractivity contribution is -0.123. The van der Waals surface area contributed by atoms with Crippen LogP contribution in [0.2, 0.25) is 0 Å². The standard InChI is InChI=1S/C19H21N5O2/c1-13-8-9-16(10-15(13)3)24-18(21-22-23-24)11-20-19(25)12-26-17-7-5-4-6-14(17)2/h4-10H,11-12H2,1-3H3,(H,20,25). The summed E-state index contributed by atoms with van der Waals surface area (Å²) in [6, 6.07) is 13.6. The molecule has 7 heteroatoms. The molecule has 7 nitrogen and oxygen atoms in total. The zero-order valence-electron chi connectivity index (χ0n) is 15.1. The van der Waals surface area contributed by atoms with Gasteiger partial charge in [0.25, 0.3) is 5.91 Å². The first kappa shape index (κ1) is 17.6. The summed E-state index contributed by atoms with van der Waals surface area (Å²) in [5, 5.41) is 14.5. The molecular weight excluding hydrogens is 330 g/mol. The lowest BCUT2D eigenvalue weighted by Crippen LogP contribution is -2.29. The van der Waals surface area contributed by atoms with E-state index in [0.29, 0.717) is 11.6 Å². The highest BCUT2D eigenvalue weighted by molar-refractivity contribution is 5.77. The normalized spacial score (nSPS) is 10.6. The molecule has 26 heavy (non-hydrogen) atoms. The molecule has 1 amide bonds. The molecule has 0 unspecified atom stereocenters. The van der Waals surface area contributed by atoms with Crippen molar-refractivity contribution < 1.29 is 9.53 Å². The molecular formula is C19H21N5O2. The van der Waals surface area contributed by atoms with Crippen molar-refractivity contribution in [2.24, 2.45) is 0 Å². The van der Waals surface area contributed by atoms with Gasteiger partial charge in [0.05, 0.1) is 12.2 Å². The second-order valence-corrected chi connectivity index (χ2v) is 6.11. The van der Waals surface area contributed by atoms with Crippen molar-refractivity contribution in [2.75, 3.05) is 6.61 Å². The van der Waals surface area contributed by atoms with Gasteiger partial charge < -0.3 is 10.1 Å². The second-order valence-electron chi connectivity index (χ2n) is 6.11. The van der Waals surface area contributed by atoms with E-state index in [1.165, 1.54) is 5.56 Å². The van der Waals surface area contributed by atoms with Gasteiger partial charge in [0.1, 0.15) is 5.75 Å². The molecule has 134 valence electrons. The van der Waals surface area contributed by atoms with E-state index in [1.54, 1.807) is 4.68 Å². The smallest absolute Gasteiger partial charge is 0.258 e. The van der Waals surface area contributed by atoms with E-state index in [4.69, 9.17) is 4.74 Å². The number of amides is 1. The quantitative estimate of drug-likeness (QED) is 0.737. The molecule has 0 saturated heterocycles. The number of hydrogen-bond donors (Lipinski definition) is 1. The Morgan fingerprint density at radius 3 is 2.65 bits per heavy atom. The van der Waals surface area contributed by atoms with E-state index < -0.39 is 0 Å². The van der Waals surface area contributed by atoms with Gasteiger partial charge in [-0.25, -0.2) is 0 Å². The fourth-order valence-corrected chi connectivity index (χ4v) is 2.46. The Kier molecular flexibility index (Phi) is 5.26. The molecule has 3 aromatic rings. The van der Waals surface area contributed by atoms with E-state index in [9.17, 15) is 4.79 Å². The number of carbonyl (C=O) groups is 1. The molecule has 2 aromatic carbocycles. The predicted octanol–water partition coefficient (Wildman–Crippen LogP) is 2.28. The average Bonchev–Trinajstić information content (AvgIpc) is 3.10. The number of carbonyl (C=O) groups excluding carboxylic acids is 1. The van der Waals surface area contributed by atoms with Crippen molar-refractivity contribution >= 4 is 5.91 Å². The third-order valence-corrected chi connectivity index (χ3v) is 4.17. The Morgan fingerprint density at radius 1 is 1.08 bits per heavy atom. The fourth-order valence-electron chi connectivity index (χ4n) is 2.46. The summed E-state index contributed by atoms with van der Waals surface area (Å²) < 4.78 is 7.16. The van der Waals surface area contributed by atoms with Gasteiger partial charge in [-0.05, 0) is 66.1 Å². The number of nitrogens with one attached hydrogen (secondary N) is 1. The van der Waals surface area contributed by atoms with Gasteiger partial charge in [-0.2, -0.15) is 4.68 Å². The molecule has 3 rings (SSSR count). The number of para-hydroxylation sites is 1. The lowest BCUT2D eigenvalue weighted by Gasteiger charge is -2.10. The van der Waals surface area contributed by atoms with Crippen molar-refractivity contribution in [1.82, 2.24) is 25.5 Å². The molecule has 1 heterocycles. The lowest BCUT2D eigenvalue weighted by atomic mass is 10.1. The third-order valence-electron chi connectivity index (χ3n) is 4.17. The third kappa shape index (κ3) is 4.05. The van der Waals surface area contributed by atoms with Crippen LogP contribution in [0.5, 0.6) is 5.75 Å². The van der Waals surface area contributed by atoms with Gasteiger partial charge in [0.15, 0.2) is 12.4 Å². The van der Waals surface area contributed by atoms with Gasteiger partial charge in [0, 0.05) is 0 Å². The van der Waals surface area contributed by atoms with Gasteiger partial charge in [-0.3, -0.25) is 4.79 Å². The summed E-state index contributed by atoms with van der Waals surface area (Å²) in [4.78, 5) is 12.1. The zero-order valence-corrected chi connectivity index (χ0v) is 15.1. The van der Waals surface area contributed by atoms with Gasteiger partial charge >= 0.3 is 0 Å². The summed E-state index contributed by atoms with van der Waals surface area (Å²) in [5.41, 5.74) is 4.20. The van der Waals surface area contributed by atoms with E-state index >= 15 is 0 Å². The van der Waals surface area contributed by atoms with E-state index in [-0.39, 0.29) is 19.1 Å². The highest BCUT2D eigenvalue weighted by atomic mass is 16.5. The van der Waals surface area contributed by atoms with E-state index in [2.05, 4.69) is 20.8 Å². The van der Waals surface area contributed by atoms with Crippen molar-refractivity contribution in [3.63, 3.8) is 0 Å². The second kappa shape index (κ2) is 7.77. The summed E-state index contributed by atoms with van der Waals surface area (Å²) in [7, 11) is 0. The van der Waals surface area contributed by atoms with Crippen LogP contribution in [0.15, 0.2) is 42.5 Å². The number of rotatable bonds is 6. The summed E-state index contributed by atoms with van der Waals surface area (Å²) >= 11 is 0. The van der Waals surface area contributed by atoms with Gasteiger partial charge in [-0.15, -0.1) is 5.10 Å². The van der Waals surface area contributed by atoms with Crippen LogP contribution in [0.4, 0.5) is 0 Å². The maximum Gasteiger partial charge on any atom is 0.258 e. The first-order valence-electron chi connectivity index (χ1n) is 8.34. The van der Waals surface area contributed by atoms with E-state index in [0.717, 1.165) is 16.8 Å². The van der Waals surface area contributed by atoms with Crippen molar-refractivity contribution in [3.8, 4) is 11.4 Å². The van der Waals surface area contributed by atoms with Crippen molar-refractivity contribution in [3.05, 3.63) is 65.0 Å². The van der Waals surface area contributed by atoms with Crippen LogP contribution in [0.1, 0.15) is 22.5 Å². The molecule has 1 aromatic heterocycles. The molecule has 0 radical (unpaired) electrons. The topological polar surface area (TPSA) is 81.9 Å². The molecule has 0 saturated carbocycles. The van der Waals surface area contributed by atoms with Crippen LogP contribution in [-0.2, 0) is 11.3 Å². The number of ether oxygens (including phenoxy) is 1. The summed E-state index contributed by atoms with van der Waals surface area (Å²) in [6.45, 7) is 6.18. The van der Waals surface area contributed by atoms with Gasteiger partial charge in [-0.1, -0.05) is 24.3 Å². The SMILES string of the molecule is Cc1ccc(-n2nnnc2CNC(=O)COc2ccccc2C)cc1C. The number of hydrogen-bond acceptors (Lipinski definition) is 5. The molecule has 0 aliphatic rings. The van der Waals surface area contributed by atoms with Crippen LogP contribution < -0.4 is 10.1 Å². The largest absolute Gasteiger partial charge is 0.484 e. The minimum Gasteiger partial charge on any atom is -0.484 e. The van der Waals surface area contributed by atoms with Crippen LogP contribution in [0.25, 0.3) is 5.69 Å². The Labute approximate surface area is 152 Å². The van der Waals surface area contributed by atoms with Crippen LogP contribution in [0.3, 0.4) is 0 Å². The molecule has 0 fully saturated rings. The van der Waals surface area contributed by atoms with Crippen LogP contribution in [0, 0.1) is 20.8 Å². The minimum atomic E-state index is -0.233. The van der Waals surface area contributed by atoms with Crippen molar-refractivity contribution in [1.29, 1.82) is 0 Å². The fraction of sp³-hybridized carbons (Fsp3) is 0.263. The molecule has 0 bridgehead atoms. The number of nitrogens with zero attached hydrogens (tertiary/aromatic N) is 4. The maximum absolute atomic E-state index is 12.1.